The van der Waals surface area contributed by atoms with Crippen LogP contribution in [0.25, 0.3) is 0 Å². The molecular weight excluding hydrogens is 320 g/mol. The minimum Gasteiger partial charge on any atom is -0.396 e. The monoisotopic (exact) mass is 340 g/mol. The molecule has 0 aliphatic heterocycles. The maximum atomic E-state index is 10.1. The van der Waals surface area contributed by atoms with Crippen LogP contribution < -0.4 is 0 Å². The van der Waals surface area contributed by atoms with Crippen molar-refractivity contribution in [2.45, 2.75) is 19.3 Å². The Kier molecular flexibility index (Phi) is 10.1. The summed E-state index contributed by atoms with van der Waals surface area (Å²) in [6.07, 6.45) is 5.21. The second kappa shape index (κ2) is 12.5. The average Bonchev–Trinajstić information content (AvgIpc) is 2.64. The van der Waals surface area contributed by atoms with Gasteiger partial charge in [0.05, 0.1) is 11.4 Å². The van der Waals surface area contributed by atoms with Crippen molar-refractivity contribution in [2.75, 3.05) is 13.2 Å². The third-order valence-corrected chi connectivity index (χ3v) is 3.20. The molecule has 0 bridgehead atoms. The highest BCUT2D eigenvalue weighted by Gasteiger charge is 1.97. The van der Waals surface area contributed by atoms with Crippen LogP contribution in [0, 0.1) is 0 Å². The molecule has 0 radical (unpaired) electrons. The molecule has 0 saturated carbocycles. The molecular formula is C19H20N2O4. The lowest BCUT2D eigenvalue weighted by Crippen LogP contribution is -1.86. The standard InChI is InChI=1S/C15H10N2O2.C4H10O2/c18-10-16-14-5-1-12(2-6-14)9-13-3-7-15(8-4-13)17-11-19;5-3-1-2-4-6/h1-8H,9H2;5-6H,1-4H2. The van der Waals surface area contributed by atoms with E-state index in [-0.39, 0.29) is 13.2 Å². The summed E-state index contributed by atoms with van der Waals surface area (Å²) >= 11 is 0. The third kappa shape index (κ3) is 8.51. The molecule has 25 heavy (non-hydrogen) atoms. The average molecular weight is 340 g/mol. The second-order valence-corrected chi connectivity index (χ2v) is 5.07. The molecule has 0 saturated heterocycles. The fourth-order valence-electron chi connectivity index (χ4n) is 1.94. The van der Waals surface area contributed by atoms with E-state index in [9.17, 15) is 9.59 Å². The van der Waals surface area contributed by atoms with Crippen molar-refractivity contribution in [2.24, 2.45) is 9.98 Å². The molecule has 130 valence electrons. The van der Waals surface area contributed by atoms with Crippen molar-refractivity contribution >= 4 is 23.5 Å². The predicted octanol–water partition coefficient (Wildman–Crippen LogP) is 2.96. The fourth-order valence-corrected chi connectivity index (χ4v) is 1.94. The Labute approximate surface area is 146 Å². The van der Waals surface area contributed by atoms with Gasteiger partial charge in [-0.05, 0) is 54.7 Å². The lowest BCUT2D eigenvalue weighted by molar-refractivity contribution is 0.242. The van der Waals surface area contributed by atoms with Crippen LogP contribution >= 0.6 is 0 Å². The van der Waals surface area contributed by atoms with E-state index in [1.165, 1.54) is 12.2 Å². The van der Waals surface area contributed by atoms with Gasteiger partial charge in [-0.1, -0.05) is 24.3 Å². The van der Waals surface area contributed by atoms with Gasteiger partial charge in [-0.2, -0.15) is 9.98 Å². The highest BCUT2D eigenvalue weighted by atomic mass is 16.3. The van der Waals surface area contributed by atoms with Crippen molar-refractivity contribution in [3.05, 3.63) is 59.7 Å². The van der Waals surface area contributed by atoms with Crippen molar-refractivity contribution in [3.8, 4) is 0 Å². The maximum Gasteiger partial charge on any atom is 0.240 e. The summed E-state index contributed by atoms with van der Waals surface area (Å²) in [6.45, 7) is 0.390. The Morgan fingerprint density at radius 3 is 1.32 bits per heavy atom. The Bertz CT molecular complexity index is 651. The molecule has 2 aromatic rings. The van der Waals surface area contributed by atoms with E-state index in [1.807, 2.05) is 24.3 Å². The van der Waals surface area contributed by atoms with Gasteiger partial charge in [-0.25, -0.2) is 9.59 Å². The number of rotatable bonds is 7. The van der Waals surface area contributed by atoms with E-state index in [1.54, 1.807) is 24.3 Å². The number of aliphatic imine (C=N–C) groups is 2. The first-order valence-electron chi connectivity index (χ1n) is 7.78. The molecule has 0 atom stereocenters. The van der Waals surface area contributed by atoms with Gasteiger partial charge < -0.3 is 10.2 Å². The Morgan fingerprint density at radius 2 is 1.04 bits per heavy atom. The van der Waals surface area contributed by atoms with E-state index in [2.05, 4.69) is 9.98 Å². The van der Waals surface area contributed by atoms with Crippen LogP contribution in [-0.4, -0.2) is 35.6 Å². The predicted molar refractivity (Wildman–Crippen MR) is 94.7 cm³/mol. The number of nitrogens with zero attached hydrogens (tertiary/aromatic N) is 2. The van der Waals surface area contributed by atoms with E-state index >= 15 is 0 Å². The van der Waals surface area contributed by atoms with Gasteiger partial charge in [-0.15, -0.1) is 0 Å². The lowest BCUT2D eigenvalue weighted by Gasteiger charge is -2.02. The molecule has 0 heterocycles. The summed E-state index contributed by atoms with van der Waals surface area (Å²) in [5.74, 6) is 0. The quantitative estimate of drug-likeness (QED) is 0.460. The normalized spacial score (nSPS) is 9.20. The highest BCUT2D eigenvalue weighted by Crippen LogP contribution is 2.17. The van der Waals surface area contributed by atoms with E-state index < -0.39 is 0 Å². The molecule has 0 unspecified atom stereocenters. The summed E-state index contributed by atoms with van der Waals surface area (Å²) in [5, 5.41) is 16.2. The summed E-state index contributed by atoms with van der Waals surface area (Å²) in [7, 11) is 0. The van der Waals surface area contributed by atoms with Gasteiger partial charge in [0.25, 0.3) is 0 Å². The molecule has 0 aliphatic carbocycles. The summed E-state index contributed by atoms with van der Waals surface area (Å²) in [6, 6.07) is 14.7. The van der Waals surface area contributed by atoms with Crippen LogP contribution in [0.15, 0.2) is 58.5 Å². The summed E-state index contributed by atoms with van der Waals surface area (Å²) in [5.41, 5.74) is 3.40. The first-order valence-corrected chi connectivity index (χ1v) is 7.78. The fraction of sp³-hybridized carbons (Fsp3) is 0.263. The van der Waals surface area contributed by atoms with Crippen LogP contribution in [0.3, 0.4) is 0 Å². The molecule has 2 rings (SSSR count). The van der Waals surface area contributed by atoms with E-state index in [0.717, 1.165) is 30.4 Å². The lowest BCUT2D eigenvalue weighted by atomic mass is 10.0. The molecule has 2 aromatic carbocycles. The van der Waals surface area contributed by atoms with E-state index in [0.29, 0.717) is 11.4 Å². The third-order valence-electron chi connectivity index (χ3n) is 3.20. The zero-order valence-corrected chi connectivity index (χ0v) is 13.8. The molecule has 6 heteroatoms. The van der Waals surface area contributed by atoms with Crippen molar-refractivity contribution in [3.63, 3.8) is 0 Å². The van der Waals surface area contributed by atoms with Gasteiger partial charge in [0.1, 0.15) is 0 Å². The molecule has 0 spiro atoms. The largest absolute Gasteiger partial charge is 0.396 e. The number of aliphatic hydroxyl groups is 2. The first kappa shape index (κ1) is 20.2. The number of hydrogen-bond donors (Lipinski definition) is 2. The van der Waals surface area contributed by atoms with Gasteiger partial charge in [0, 0.05) is 13.2 Å². The van der Waals surface area contributed by atoms with Crippen molar-refractivity contribution < 1.29 is 19.8 Å². The molecule has 0 aromatic heterocycles. The molecule has 0 fully saturated rings. The molecule has 0 aliphatic rings. The smallest absolute Gasteiger partial charge is 0.240 e. The second-order valence-electron chi connectivity index (χ2n) is 5.07. The number of carbonyl (C=O) groups excluding carboxylic acids is 2. The topological polar surface area (TPSA) is 99.3 Å². The Morgan fingerprint density at radius 1 is 0.680 bits per heavy atom. The number of hydrogen-bond acceptors (Lipinski definition) is 6. The van der Waals surface area contributed by atoms with E-state index in [4.69, 9.17) is 10.2 Å². The highest BCUT2D eigenvalue weighted by molar-refractivity contribution is 5.51. The van der Waals surface area contributed by atoms with Crippen molar-refractivity contribution in [1.29, 1.82) is 0 Å². The van der Waals surface area contributed by atoms with Crippen LogP contribution in [0.5, 0.6) is 0 Å². The number of aliphatic hydroxyl groups excluding tert-OH is 2. The van der Waals surface area contributed by atoms with Crippen LogP contribution in [0.1, 0.15) is 24.0 Å². The van der Waals surface area contributed by atoms with Crippen LogP contribution in [0.4, 0.5) is 11.4 Å². The van der Waals surface area contributed by atoms with Crippen molar-refractivity contribution in [1.82, 2.24) is 0 Å². The van der Waals surface area contributed by atoms with Gasteiger partial charge >= 0.3 is 0 Å². The zero-order valence-electron chi connectivity index (χ0n) is 13.8. The Hall–Kier alpha value is -2.88. The summed E-state index contributed by atoms with van der Waals surface area (Å²) in [4.78, 5) is 27.3. The first-order chi connectivity index (χ1) is 12.2. The zero-order chi connectivity index (χ0) is 18.3. The number of isocyanates is 2. The van der Waals surface area contributed by atoms with Crippen LogP contribution in [0.2, 0.25) is 0 Å². The Balaban J connectivity index is 0.000000450. The minimum atomic E-state index is 0.195. The van der Waals surface area contributed by atoms with Crippen LogP contribution in [-0.2, 0) is 16.0 Å². The minimum absolute atomic E-state index is 0.195. The van der Waals surface area contributed by atoms with Gasteiger partial charge in [0.2, 0.25) is 12.2 Å². The molecule has 0 amide bonds. The number of benzene rings is 2. The SMILES string of the molecule is O=C=Nc1ccc(Cc2ccc(N=C=O)cc2)cc1.OCCCCO. The molecule has 6 nitrogen and oxygen atoms in total. The molecule has 2 N–H and O–H groups in total. The number of unbranched alkanes of at least 4 members (excludes halogenated alkanes) is 1. The van der Waals surface area contributed by atoms with Gasteiger partial charge in [-0.3, -0.25) is 0 Å². The maximum absolute atomic E-state index is 10.1. The van der Waals surface area contributed by atoms with Gasteiger partial charge in [0.15, 0.2) is 0 Å². The summed E-state index contributed by atoms with van der Waals surface area (Å²) < 4.78 is 0.